The molecule has 1 aromatic heterocycles. The van der Waals surface area contributed by atoms with Gasteiger partial charge in [0.25, 0.3) is 5.56 Å². The third-order valence-electron chi connectivity index (χ3n) is 2.48. The topological polar surface area (TPSA) is 83.0 Å². The van der Waals surface area contributed by atoms with Gasteiger partial charge in [0.1, 0.15) is 5.69 Å². The molecule has 110 valence electrons. The summed E-state index contributed by atoms with van der Waals surface area (Å²) < 4.78 is 37.1. The van der Waals surface area contributed by atoms with E-state index in [-0.39, 0.29) is 11.6 Å². The minimum atomic E-state index is -4.37. The van der Waals surface area contributed by atoms with Gasteiger partial charge in [-0.25, -0.2) is 5.43 Å². The van der Waals surface area contributed by atoms with Crippen LogP contribution in [-0.4, -0.2) is 21.4 Å². The summed E-state index contributed by atoms with van der Waals surface area (Å²) in [7, 11) is 0. The molecule has 1 aromatic carbocycles. The first-order chi connectivity index (χ1) is 9.86. The zero-order valence-corrected chi connectivity index (χ0v) is 10.8. The van der Waals surface area contributed by atoms with E-state index < -0.39 is 17.3 Å². The number of hydrazone groups is 1. The van der Waals surface area contributed by atoms with Crippen LogP contribution < -0.4 is 11.0 Å². The number of hydrogen-bond acceptors (Lipinski definition) is 5. The van der Waals surface area contributed by atoms with Gasteiger partial charge in [0.2, 0.25) is 5.95 Å². The molecule has 0 fully saturated rings. The van der Waals surface area contributed by atoms with Crippen molar-refractivity contribution in [1.29, 1.82) is 0 Å². The predicted octanol–water partition coefficient (Wildman–Crippen LogP) is 1.94. The Labute approximate surface area is 116 Å². The Hall–Kier alpha value is -2.71. The lowest BCUT2D eigenvalue weighted by molar-refractivity contribution is -0.137. The second-order valence-electron chi connectivity index (χ2n) is 4.08. The van der Waals surface area contributed by atoms with Crippen molar-refractivity contribution in [2.75, 3.05) is 5.43 Å². The van der Waals surface area contributed by atoms with Crippen LogP contribution in [-0.2, 0) is 6.18 Å². The molecule has 0 unspecified atom stereocenters. The fourth-order valence-corrected chi connectivity index (χ4v) is 1.37. The van der Waals surface area contributed by atoms with E-state index in [4.69, 9.17) is 0 Å². The molecule has 0 spiro atoms. The largest absolute Gasteiger partial charge is 0.416 e. The number of nitrogens with zero attached hydrogens (tertiary/aromatic N) is 3. The van der Waals surface area contributed by atoms with Crippen molar-refractivity contribution < 1.29 is 13.2 Å². The summed E-state index contributed by atoms with van der Waals surface area (Å²) in [5.74, 6) is 0.0359. The molecular formula is C12H10F3N5O. The van der Waals surface area contributed by atoms with Crippen LogP contribution in [0.4, 0.5) is 19.1 Å². The number of aromatic nitrogens is 3. The average molecular weight is 297 g/mol. The van der Waals surface area contributed by atoms with Gasteiger partial charge in [0.15, 0.2) is 0 Å². The van der Waals surface area contributed by atoms with Crippen molar-refractivity contribution >= 4 is 12.2 Å². The summed E-state index contributed by atoms with van der Waals surface area (Å²) in [6, 6.07) is 4.46. The second-order valence-corrected chi connectivity index (χ2v) is 4.08. The van der Waals surface area contributed by atoms with Crippen molar-refractivity contribution in [3.8, 4) is 0 Å². The van der Waals surface area contributed by atoms with Crippen molar-refractivity contribution in [1.82, 2.24) is 15.2 Å². The molecule has 0 aliphatic carbocycles. The van der Waals surface area contributed by atoms with Gasteiger partial charge in [-0.15, -0.1) is 10.2 Å². The monoisotopic (exact) mass is 297 g/mol. The van der Waals surface area contributed by atoms with Gasteiger partial charge in [-0.3, -0.25) is 9.78 Å². The molecule has 0 saturated heterocycles. The highest BCUT2D eigenvalue weighted by Crippen LogP contribution is 2.28. The van der Waals surface area contributed by atoms with Gasteiger partial charge in [0.05, 0.1) is 11.8 Å². The van der Waals surface area contributed by atoms with Gasteiger partial charge >= 0.3 is 6.18 Å². The van der Waals surface area contributed by atoms with E-state index in [9.17, 15) is 18.0 Å². The molecule has 0 bridgehead atoms. The number of rotatable bonds is 3. The van der Waals surface area contributed by atoms with Crippen LogP contribution in [0.3, 0.4) is 0 Å². The molecule has 2 N–H and O–H groups in total. The third kappa shape index (κ3) is 3.88. The van der Waals surface area contributed by atoms with Crippen LogP contribution in [0.1, 0.15) is 16.8 Å². The lowest BCUT2D eigenvalue weighted by Crippen LogP contribution is -2.15. The van der Waals surface area contributed by atoms with E-state index in [2.05, 4.69) is 25.7 Å². The summed E-state index contributed by atoms with van der Waals surface area (Å²) in [4.78, 5) is 13.6. The summed E-state index contributed by atoms with van der Waals surface area (Å²) in [5.41, 5.74) is 1.96. The maximum Gasteiger partial charge on any atom is 0.416 e. The Balaban J connectivity index is 2.04. The van der Waals surface area contributed by atoms with Crippen LogP contribution in [0.15, 0.2) is 34.2 Å². The van der Waals surface area contributed by atoms with Crippen LogP contribution >= 0.6 is 0 Å². The smallest absolute Gasteiger partial charge is 0.288 e. The molecule has 0 radical (unpaired) electrons. The van der Waals surface area contributed by atoms with E-state index in [0.29, 0.717) is 5.56 Å². The normalized spacial score (nSPS) is 11.8. The summed E-state index contributed by atoms with van der Waals surface area (Å²) in [6.07, 6.45) is -3.08. The molecule has 9 heteroatoms. The zero-order chi connectivity index (χ0) is 15.5. The van der Waals surface area contributed by atoms with Gasteiger partial charge in [-0.2, -0.15) is 18.3 Å². The fourth-order valence-electron chi connectivity index (χ4n) is 1.37. The standard InChI is InChI=1S/C12H10F3N5O/c1-7-10(21)17-11(20-18-7)19-16-6-8-2-4-9(5-3-8)12(13,14)15/h2-6H,1H3,(H2,17,19,20,21)/b16-6-. The van der Waals surface area contributed by atoms with E-state index in [1.807, 2.05) is 0 Å². The Morgan fingerprint density at radius 1 is 1.24 bits per heavy atom. The maximum absolute atomic E-state index is 12.4. The summed E-state index contributed by atoms with van der Waals surface area (Å²) >= 11 is 0. The van der Waals surface area contributed by atoms with Crippen molar-refractivity contribution in [2.24, 2.45) is 5.10 Å². The number of alkyl halides is 3. The molecule has 0 atom stereocenters. The lowest BCUT2D eigenvalue weighted by Gasteiger charge is -2.05. The Morgan fingerprint density at radius 2 is 1.90 bits per heavy atom. The summed E-state index contributed by atoms with van der Waals surface area (Å²) in [5, 5.41) is 11.0. The highest BCUT2D eigenvalue weighted by atomic mass is 19.4. The number of halogens is 3. The zero-order valence-electron chi connectivity index (χ0n) is 10.8. The first-order valence-electron chi connectivity index (χ1n) is 5.76. The quantitative estimate of drug-likeness (QED) is 0.670. The maximum atomic E-state index is 12.4. The van der Waals surface area contributed by atoms with Crippen LogP contribution in [0.2, 0.25) is 0 Å². The van der Waals surface area contributed by atoms with E-state index in [0.717, 1.165) is 12.1 Å². The van der Waals surface area contributed by atoms with Crippen molar-refractivity contribution in [3.63, 3.8) is 0 Å². The molecule has 0 aliphatic rings. The first kappa shape index (κ1) is 14.7. The predicted molar refractivity (Wildman–Crippen MR) is 70.1 cm³/mol. The fraction of sp³-hybridized carbons (Fsp3) is 0.167. The highest BCUT2D eigenvalue weighted by Gasteiger charge is 2.29. The number of nitrogens with one attached hydrogen (secondary N) is 2. The number of aromatic amines is 1. The number of hydrogen-bond donors (Lipinski definition) is 2. The lowest BCUT2D eigenvalue weighted by atomic mass is 10.1. The SMILES string of the molecule is Cc1nnc(N/N=C\c2ccc(C(F)(F)F)cc2)[nH]c1=O. The molecule has 21 heavy (non-hydrogen) atoms. The minimum Gasteiger partial charge on any atom is -0.288 e. The van der Waals surface area contributed by atoms with Crippen LogP contribution in [0.25, 0.3) is 0 Å². The Morgan fingerprint density at radius 3 is 2.48 bits per heavy atom. The van der Waals surface area contributed by atoms with Gasteiger partial charge in [-0.1, -0.05) is 12.1 Å². The Bertz CT molecular complexity index is 706. The van der Waals surface area contributed by atoms with Gasteiger partial charge in [-0.05, 0) is 24.6 Å². The molecule has 0 amide bonds. The van der Waals surface area contributed by atoms with E-state index in [1.165, 1.54) is 25.3 Å². The Kier molecular flexibility index (Phi) is 4.01. The summed E-state index contributed by atoms with van der Waals surface area (Å²) in [6.45, 7) is 1.50. The first-order valence-corrected chi connectivity index (χ1v) is 5.76. The highest BCUT2D eigenvalue weighted by molar-refractivity contribution is 5.80. The second kappa shape index (κ2) is 5.73. The third-order valence-corrected chi connectivity index (χ3v) is 2.48. The van der Waals surface area contributed by atoms with Crippen LogP contribution in [0.5, 0.6) is 0 Å². The molecular weight excluding hydrogens is 287 g/mol. The number of aryl methyl sites for hydroxylation is 1. The number of benzene rings is 1. The molecule has 2 aromatic rings. The van der Waals surface area contributed by atoms with Gasteiger partial charge < -0.3 is 0 Å². The molecule has 0 aliphatic heterocycles. The van der Waals surface area contributed by atoms with Gasteiger partial charge in [0, 0.05) is 0 Å². The number of H-pyrrole nitrogens is 1. The van der Waals surface area contributed by atoms with Crippen molar-refractivity contribution in [3.05, 3.63) is 51.4 Å². The minimum absolute atomic E-state index is 0.0359. The number of anilines is 1. The molecule has 6 nitrogen and oxygen atoms in total. The molecule has 2 rings (SSSR count). The molecule has 0 saturated carbocycles. The van der Waals surface area contributed by atoms with Crippen LogP contribution in [0, 0.1) is 6.92 Å². The van der Waals surface area contributed by atoms with E-state index >= 15 is 0 Å². The average Bonchev–Trinajstić information content (AvgIpc) is 2.42. The van der Waals surface area contributed by atoms with E-state index in [1.54, 1.807) is 0 Å². The van der Waals surface area contributed by atoms with Crippen molar-refractivity contribution in [2.45, 2.75) is 13.1 Å². The molecule has 1 heterocycles.